The molecule has 0 amide bonds. The van der Waals surface area contributed by atoms with Gasteiger partial charge in [0.05, 0.1) is 48.4 Å². The number of carbonyl (C=O) groups excluding carboxylic acids is 1. The molecule has 0 aliphatic heterocycles. The highest BCUT2D eigenvalue weighted by atomic mass is 32.2. The number of carbonyl (C=O) groups is 1. The van der Waals surface area contributed by atoms with Crippen molar-refractivity contribution in [3.8, 4) is 0 Å². The van der Waals surface area contributed by atoms with Gasteiger partial charge in [0.1, 0.15) is 0 Å². The molecular formula is C49H81NO7S. The summed E-state index contributed by atoms with van der Waals surface area (Å²) in [6, 6.07) is 7.01. The maximum absolute atomic E-state index is 14.6. The molecule has 0 spiro atoms. The molecule has 0 aromatic heterocycles. The Hall–Kier alpha value is -1.78. The molecule has 5 rings (SSSR count). The van der Waals surface area contributed by atoms with Crippen LogP contribution in [-0.2, 0) is 33.8 Å². The second kappa shape index (κ2) is 17.5. The molecule has 0 radical (unpaired) electrons. The molecule has 0 unspecified atom stereocenters. The Balaban J connectivity index is 1.51. The highest BCUT2D eigenvalue weighted by Gasteiger charge is 2.70. The molecule has 1 N–H and O–H groups in total. The zero-order valence-electron chi connectivity index (χ0n) is 38.9. The second-order valence-corrected chi connectivity index (χ2v) is 22.6. The number of allylic oxidation sites excluding steroid dienone is 1. The van der Waals surface area contributed by atoms with Gasteiger partial charge in [0.25, 0.3) is 0 Å². The first-order chi connectivity index (χ1) is 27.1. The quantitative estimate of drug-likeness (QED) is 0.0948. The van der Waals surface area contributed by atoms with E-state index < -0.39 is 15.6 Å². The SMILES string of the molecule is CCCCOC(=O)[C@@H]1[C@@](C)([C@H](C)C(C)C)CC[C@]2(C)[C@H]3CC[C@H]4C(C)(C)[C@@H](OCC(CC)(CC)NS(=O)(=O)c5ccc(C)cc5)[C@H](OC)C[C@]4(COC)C3=CC[C@@]12C. The minimum atomic E-state index is -3.78. The van der Waals surface area contributed by atoms with Crippen LogP contribution in [0.4, 0.5) is 0 Å². The minimum absolute atomic E-state index is 0.00337. The summed E-state index contributed by atoms with van der Waals surface area (Å²) >= 11 is 0. The normalized spacial score (nSPS) is 35.4. The predicted molar refractivity (Wildman–Crippen MR) is 234 cm³/mol. The van der Waals surface area contributed by atoms with E-state index in [-0.39, 0.29) is 68.6 Å². The first kappa shape index (κ1) is 47.3. The standard InChI is InChI=1S/C49H81NO7S/c1-15-18-29-56-43(51)41-45(10,35(7)33(4)5)27-28-46(11)37-23-24-40-44(8,9)42(39(55-14)30-49(40,32-54-13)38(37)25-26-47(41,46)12)57-31-48(16-2,17-3)50-58(52,53)36-21-19-34(6)20-22-36/h19-22,25,33,35,37,39-42,50H,15-18,23-24,26-32H2,1-14H3/t35-,37+,39-,40+,41-,42+,45-,46-,47+,49+/m1/s1. The monoisotopic (exact) mass is 828 g/mol. The average Bonchev–Trinajstić information content (AvgIpc) is 3.17. The minimum Gasteiger partial charge on any atom is -0.465 e. The van der Waals surface area contributed by atoms with Gasteiger partial charge in [-0.1, -0.05) is 112 Å². The van der Waals surface area contributed by atoms with Gasteiger partial charge in [-0.25, -0.2) is 13.1 Å². The predicted octanol–water partition coefficient (Wildman–Crippen LogP) is 10.7. The molecule has 3 saturated carbocycles. The fourth-order valence-corrected chi connectivity index (χ4v) is 14.7. The van der Waals surface area contributed by atoms with Crippen LogP contribution in [0.15, 0.2) is 40.8 Å². The number of methoxy groups -OCH3 is 2. The van der Waals surface area contributed by atoms with E-state index in [1.54, 1.807) is 19.2 Å². The lowest BCUT2D eigenvalue weighted by Crippen LogP contribution is -2.67. The van der Waals surface area contributed by atoms with Gasteiger partial charge in [0.2, 0.25) is 10.0 Å². The first-order valence-corrected chi connectivity index (χ1v) is 24.2. The van der Waals surface area contributed by atoms with Crippen LogP contribution in [0.5, 0.6) is 0 Å². The van der Waals surface area contributed by atoms with E-state index in [9.17, 15) is 13.2 Å². The summed E-state index contributed by atoms with van der Waals surface area (Å²) in [5, 5.41) is 0. The number of benzene rings is 1. The Morgan fingerprint density at radius 1 is 0.948 bits per heavy atom. The number of ether oxygens (including phenoxy) is 4. The Kier molecular flexibility index (Phi) is 14.3. The van der Waals surface area contributed by atoms with Crippen molar-refractivity contribution in [3.05, 3.63) is 41.5 Å². The van der Waals surface area contributed by atoms with Crippen molar-refractivity contribution in [1.82, 2.24) is 4.72 Å². The third-order valence-corrected chi connectivity index (χ3v) is 19.1. The molecule has 58 heavy (non-hydrogen) atoms. The average molecular weight is 828 g/mol. The van der Waals surface area contributed by atoms with Crippen LogP contribution < -0.4 is 4.72 Å². The van der Waals surface area contributed by atoms with Gasteiger partial charge in [-0.2, -0.15) is 0 Å². The van der Waals surface area contributed by atoms with Crippen molar-refractivity contribution in [2.75, 3.05) is 34.0 Å². The van der Waals surface area contributed by atoms with Crippen LogP contribution in [-0.4, -0.2) is 66.2 Å². The van der Waals surface area contributed by atoms with Gasteiger partial charge in [0.15, 0.2) is 0 Å². The smallest absolute Gasteiger partial charge is 0.310 e. The van der Waals surface area contributed by atoms with E-state index in [0.717, 1.165) is 56.9 Å². The van der Waals surface area contributed by atoms with Crippen molar-refractivity contribution < 1.29 is 32.2 Å². The topological polar surface area (TPSA) is 100 Å². The lowest BCUT2D eigenvalue weighted by Gasteiger charge is -2.70. The molecule has 330 valence electrons. The molecule has 3 fully saturated rings. The van der Waals surface area contributed by atoms with Crippen molar-refractivity contribution >= 4 is 16.0 Å². The molecule has 10 atom stereocenters. The summed E-state index contributed by atoms with van der Waals surface area (Å²) in [5.74, 6) is 1.18. The van der Waals surface area contributed by atoms with Crippen LogP contribution in [0, 0.1) is 63.6 Å². The Morgan fingerprint density at radius 2 is 1.60 bits per heavy atom. The number of fused-ring (bicyclic) bond motifs is 5. The number of sulfonamides is 1. The molecule has 0 bridgehead atoms. The van der Waals surface area contributed by atoms with Crippen molar-refractivity contribution in [2.24, 2.45) is 56.7 Å². The number of esters is 1. The number of nitrogens with one attached hydrogen (secondary N) is 1. The molecular weight excluding hydrogens is 747 g/mol. The summed E-state index contributed by atoms with van der Waals surface area (Å²) in [7, 11) is -0.145. The van der Waals surface area contributed by atoms with E-state index in [0.29, 0.717) is 43.8 Å². The number of hydrogen-bond acceptors (Lipinski definition) is 7. The summed E-state index contributed by atoms with van der Waals surface area (Å²) in [6.45, 7) is 28.5. The highest BCUT2D eigenvalue weighted by molar-refractivity contribution is 7.89. The number of rotatable bonds is 17. The Bertz CT molecular complexity index is 1720. The van der Waals surface area contributed by atoms with Crippen molar-refractivity contribution in [2.45, 2.75) is 170 Å². The van der Waals surface area contributed by atoms with E-state index in [2.05, 4.69) is 73.1 Å². The van der Waals surface area contributed by atoms with Crippen molar-refractivity contribution in [1.29, 1.82) is 0 Å². The van der Waals surface area contributed by atoms with E-state index >= 15 is 0 Å². The summed E-state index contributed by atoms with van der Waals surface area (Å²) < 4.78 is 56.6. The van der Waals surface area contributed by atoms with Gasteiger partial charge in [0, 0.05) is 19.6 Å². The lowest BCUT2D eigenvalue weighted by molar-refractivity contribution is -0.225. The van der Waals surface area contributed by atoms with Crippen LogP contribution >= 0.6 is 0 Å². The van der Waals surface area contributed by atoms with Gasteiger partial charge in [-0.3, -0.25) is 4.79 Å². The van der Waals surface area contributed by atoms with E-state index in [1.807, 2.05) is 40.0 Å². The second-order valence-electron chi connectivity index (χ2n) is 20.9. The molecule has 1 aromatic carbocycles. The zero-order chi connectivity index (χ0) is 43.1. The van der Waals surface area contributed by atoms with Gasteiger partial charge < -0.3 is 18.9 Å². The van der Waals surface area contributed by atoms with Gasteiger partial charge in [-0.05, 0) is 122 Å². The first-order valence-electron chi connectivity index (χ1n) is 22.7. The molecule has 0 heterocycles. The fraction of sp³-hybridized carbons (Fsp3) is 0.816. The van der Waals surface area contributed by atoms with Crippen LogP contribution in [0.2, 0.25) is 0 Å². The lowest BCUT2D eigenvalue weighted by atomic mass is 9.34. The summed E-state index contributed by atoms with van der Waals surface area (Å²) in [5.41, 5.74) is 0.597. The number of unbranched alkanes of at least 4 members (excludes halogenated alkanes) is 1. The van der Waals surface area contributed by atoms with Crippen molar-refractivity contribution in [3.63, 3.8) is 0 Å². The van der Waals surface area contributed by atoms with E-state index in [4.69, 9.17) is 18.9 Å². The molecule has 4 aliphatic rings. The fourth-order valence-electron chi connectivity index (χ4n) is 13.2. The molecule has 8 nitrogen and oxygen atoms in total. The highest BCUT2D eigenvalue weighted by Crippen LogP contribution is 2.74. The maximum atomic E-state index is 14.6. The largest absolute Gasteiger partial charge is 0.465 e. The summed E-state index contributed by atoms with van der Waals surface area (Å²) in [6.07, 6.45) is 10.8. The molecule has 1 aromatic rings. The van der Waals surface area contributed by atoms with Gasteiger partial charge >= 0.3 is 5.97 Å². The van der Waals surface area contributed by atoms with Crippen LogP contribution in [0.3, 0.4) is 0 Å². The Morgan fingerprint density at radius 3 is 2.17 bits per heavy atom. The third kappa shape index (κ3) is 7.92. The van der Waals surface area contributed by atoms with Gasteiger partial charge in [-0.15, -0.1) is 0 Å². The zero-order valence-corrected chi connectivity index (χ0v) is 39.7. The van der Waals surface area contributed by atoms with Crippen LogP contribution in [0.1, 0.15) is 146 Å². The summed E-state index contributed by atoms with van der Waals surface area (Å²) in [4.78, 5) is 14.8. The molecule has 9 heteroatoms. The Labute approximate surface area is 353 Å². The maximum Gasteiger partial charge on any atom is 0.310 e. The third-order valence-electron chi connectivity index (χ3n) is 17.5. The molecule has 4 aliphatic carbocycles. The number of hydrogen-bond donors (Lipinski definition) is 1. The van der Waals surface area contributed by atoms with Crippen LogP contribution in [0.25, 0.3) is 0 Å². The van der Waals surface area contributed by atoms with E-state index in [1.165, 1.54) is 5.57 Å². The number of aryl methyl sites for hydroxylation is 1. The molecule has 0 saturated heterocycles.